The smallest absolute Gasteiger partial charge is 0.414 e. The van der Waals surface area contributed by atoms with Crippen molar-refractivity contribution >= 4 is 27.9 Å². The minimum Gasteiger partial charge on any atom is -0.444 e. The van der Waals surface area contributed by atoms with Crippen LogP contribution in [0, 0.1) is 12.7 Å². The molecule has 2 aliphatic heterocycles. The van der Waals surface area contributed by atoms with Gasteiger partial charge in [-0.2, -0.15) is 0 Å². The zero-order chi connectivity index (χ0) is 28.8. The van der Waals surface area contributed by atoms with Gasteiger partial charge in [0.2, 0.25) is 16.0 Å². The summed E-state index contributed by atoms with van der Waals surface area (Å²) in [6, 6.07) is 7.59. The number of Topliss-reactive ketones (excluding diaryl/α,β-unsaturated/α-hetero) is 1. The van der Waals surface area contributed by atoms with Gasteiger partial charge in [0.05, 0.1) is 0 Å². The van der Waals surface area contributed by atoms with E-state index < -0.39 is 37.8 Å². The van der Waals surface area contributed by atoms with Crippen LogP contribution in [0.15, 0.2) is 41.5 Å². The molecule has 2 N–H and O–H groups in total. The van der Waals surface area contributed by atoms with Crippen LogP contribution in [0.1, 0.15) is 61.3 Å². The van der Waals surface area contributed by atoms with Crippen molar-refractivity contribution in [2.45, 2.75) is 63.3 Å². The zero-order valence-electron chi connectivity index (χ0n) is 23.0. The van der Waals surface area contributed by atoms with Crippen molar-refractivity contribution in [3.63, 3.8) is 0 Å². The van der Waals surface area contributed by atoms with Crippen LogP contribution in [0.2, 0.25) is 0 Å². The van der Waals surface area contributed by atoms with Gasteiger partial charge in [-0.1, -0.05) is 12.1 Å². The third-order valence-electron chi connectivity index (χ3n) is 7.22. The van der Waals surface area contributed by atoms with Gasteiger partial charge in [-0.25, -0.2) is 26.9 Å². The molecule has 1 amide bonds. The number of aryl methyl sites for hydroxylation is 1. The Kier molecular flexibility index (Phi) is 7.32. The largest absolute Gasteiger partial charge is 0.444 e. The number of aromatic nitrogens is 1. The van der Waals surface area contributed by atoms with E-state index in [0.29, 0.717) is 12.1 Å². The number of ether oxygens (including phenoxy) is 1. The molecule has 1 aromatic carbocycles. The summed E-state index contributed by atoms with van der Waals surface area (Å²) in [7, 11) is -2.87. The first-order chi connectivity index (χ1) is 18.1. The molecule has 3 heterocycles. The normalized spacial score (nSPS) is 24.4. The highest BCUT2D eigenvalue weighted by Crippen LogP contribution is 2.50. The van der Waals surface area contributed by atoms with Gasteiger partial charge in [-0.15, -0.1) is 0 Å². The molecular formula is C27H34FN5O5S. The Morgan fingerprint density at radius 2 is 1.95 bits per heavy atom. The first-order valence-corrected chi connectivity index (χ1v) is 14.1. The number of hydrogen-bond donors (Lipinski definition) is 2. The van der Waals surface area contributed by atoms with Crippen LogP contribution in [-0.4, -0.2) is 66.0 Å². The van der Waals surface area contributed by atoms with Crippen molar-refractivity contribution in [2.24, 2.45) is 4.99 Å². The highest BCUT2D eigenvalue weighted by molar-refractivity contribution is 7.91. The summed E-state index contributed by atoms with van der Waals surface area (Å²) in [4.78, 5) is 34.3. The molecule has 210 valence electrons. The first-order valence-electron chi connectivity index (χ1n) is 12.6. The standard InChI is InChI=1S/C27H34FN5O5S/c1-17-7-10-21(30-15-17)22(34)14-18-8-9-20(28)19(13-18)26(5)27(11-12-29-16-27)39(36,37)33(6)23(32-26)31-24(35)38-25(2,3)4/h7-10,13,15,29H,11-12,14,16H2,1-6H3,(H,31,32,35)/t26-,27-/m1/s1. The minimum atomic E-state index is -4.17. The summed E-state index contributed by atoms with van der Waals surface area (Å²) < 4.78 is 48.3. The number of aliphatic imine (C=N–C) groups is 1. The number of nitrogens with one attached hydrogen (secondary N) is 2. The van der Waals surface area contributed by atoms with Crippen LogP contribution < -0.4 is 10.6 Å². The molecular weight excluding hydrogens is 525 g/mol. The molecule has 1 saturated heterocycles. The number of hydrogen-bond acceptors (Lipinski definition) is 8. The second-order valence-corrected chi connectivity index (χ2v) is 13.4. The highest BCUT2D eigenvalue weighted by atomic mass is 32.2. The molecule has 0 bridgehead atoms. The Balaban J connectivity index is 1.81. The number of guanidine groups is 1. The van der Waals surface area contributed by atoms with E-state index in [1.54, 1.807) is 46.0 Å². The van der Waals surface area contributed by atoms with E-state index >= 15 is 4.39 Å². The molecule has 2 atom stereocenters. The number of benzene rings is 1. The minimum absolute atomic E-state index is 0.00790. The number of sulfonamides is 1. The molecule has 12 heteroatoms. The van der Waals surface area contributed by atoms with Crippen molar-refractivity contribution in [3.8, 4) is 0 Å². The lowest BCUT2D eigenvalue weighted by Crippen LogP contribution is -2.66. The van der Waals surface area contributed by atoms with Crippen LogP contribution in [0.25, 0.3) is 0 Å². The van der Waals surface area contributed by atoms with Crippen LogP contribution in [0.4, 0.5) is 9.18 Å². The van der Waals surface area contributed by atoms with E-state index in [1.807, 2.05) is 6.92 Å². The Labute approximate surface area is 228 Å². The molecule has 0 aliphatic carbocycles. The number of nitrogens with zero attached hydrogens (tertiary/aromatic N) is 3. The van der Waals surface area contributed by atoms with E-state index in [2.05, 4.69) is 20.6 Å². The highest BCUT2D eigenvalue weighted by Gasteiger charge is 2.65. The predicted molar refractivity (Wildman–Crippen MR) is 144 cm³/mol. The summed E-state index contributed by atoms with van der Waals surface area (Å²) in [6.45, 7) is 8.84. The van der Waals surface area contributed by atoms with Crippen LogP contribution in [-0.2, 0) is 26.7 Å². The lowest BCUT2D eigenvalue weighted by molar-refractivity contribution is 0.0558. The molecule has 0 unspecified atom stereocenters. The number of carbonyl (C=O) groups is 2. The van der Waals surface area contributed by atoms with E-state index in [-0.39, 0.29) is 42.4 Å². The summed E-state index contributed by atoms with van der Waals surface area (Å²) in [5.41, 5.74) is -0.815. The number of rotatable bonds is 4. The van der Waals surface area contributed by atoms with Crippen LogP contribution >= 0.6 is 0 Å². The fourth-order valence-electron chi connectivity index (χ4n) is 5.09. The van der Waals surface area contributed by atoms with Gasteiger partial charge < -0.3 is 10.1 Å². The SMILES string of the molecule is Cc1ccc(C(=O)Cc2ccc(F)c([C@@]3(C)N=C(NC(=O)OC(C)(C)C)N(C)S(=O)(=O)[C@@]34CCNC4)c2)nc1. The van der Waals surface area contributed by atoms with Crippen molar-refractivity contribution in [1.29, 1.82) is 0 Å². The zero-order valence-corrected chi connectivity index (χ0v) is 23.8. The number of amides is 1. The number of ketones is 1. The third kappa shape index (κ3) is 5.14. The Morgan fingerprint density at radius 3 is 2.54 bits per heavy atom. The van der Waals surface area contributed by atoms with Crippen molar-refractivity contribution in [3.05, 3.63) is 64.7 Å². The average molecular weight is 560 g/mol. The van der Waals surface area contributed by atoms with Gasteiger partial charge >= 0.3 is 6.09 Å². The van der Waals surface area contributed by atoms with Crippen molar-refractivity contribution < 1.29 is 27.1 Å². The van der Waals surface area contributed by atoms with Crippen LogP contribution in [0.3, 0.4) is 0 Å². The second kappa shape index (κ2) is 9.98. The summed E-state index contributed by atoms with van der Waals surface area (Å²) in [6.07, 6.45) is 0.800. The summed E-state index contributed by atoms with van der Waals surface area (Å²) in [5.74, 6) is -1.22. The molecule has 2 aromatic rings. The van der Waals surface area contributed by atoms with E-state index in [9.17, 15) is 18.0 Å². The summed E-state index contributed by atoms with van der Waals surface area (Å²) >= 11 is 0. The molecule has 1 fully saturated rings. The average Bonchev–Trinajstić information content (AvgIpc) is 3.35. The fraction of sp³-hybridized carbons (Fsp3) is 0.481. The molecule has 1 spiro atoms. The van der Waals surface area contributed by atoms with Crippen molar-refractivity contribution in [2.75, 3.05) is 20.1 Å². The number of halogens is 1. The lowest BCUT2D eigenvalue weighted by atomic mass is 9.77. The van der Waals surface area contributed by atoms with E-state index in [1.165, 1.54) is 25.2 Å². The number of carbonyl (C=O) groups excluding carboxylic acids is 2. The third-order valence-corrected chi connectivity index (χ3v) is 9.84. The quantitative estimate of drug-likeness (QED) is 0.551. The van der Waals surface area contributed by atoms with Gasteiger partial charge in [0.25, 0.3) is 0 Å². The maximum Gasteiger partial charge on any atom is 0.414 e. The van der Waals surface area contributed by atoms with Crippen LogP contribution in [0.5, 0.6) is 0 Å². The number of alkyl carbamates (subject to hydrolysis) is 1. The molecule has 0 saturated carbocycles. The van der Waals surface area contributed by atoms with Gasteiger partial charge in [0.1, 0.15) is 27.4 Å². The molecule has 10 nitrogen and oxygen atoms in total. The van der Waals surface area contributed by atoms with Crippen molar-refractivity contribution in [1.82, 2.24) is 19.9 Å². The molecule has 39 heavy (non-hydrogen) atoms. The molecule has 0 radical (unpaired) electrons. The first kappa shape index (κ1) is 28.6. The topological polar surface area (TPSA) is 130 Å². The maximum absolute atomic E-state index is 15.6. The Hall–Kier alpha value is -3.38. The summed E-state index contributed by atoms with van der Waals surface area (Å²) in [5, 5.41) is 5.53. The van der Waals surface area contributed by atoms with Gasteiger partial charge in [0.15, 0.2) is 5.78 Å². The molecule has 4 rings (SSSR count). The maximum atomic E-state index is 15.6. The molecule has 2 aliphatic rings. The second-order valence-electron chi connectivity index (χ2n) is 11.2. The Bertz CT molecular complexity index is 1430. The van der Waals surface area contributed by atoms with E-state index in [4.69, 9.17) is 4.74 Å². The van der Waals surface area contributed by atoms with E-state index in [0.717, 1.165) is 9.87 Å². The van der Waals surface area contributed by atoms with Gasteiger partial charge in [0, 0.05) is 31.8 Å². The van der Waals surface area contributed by atoms with Gasteiger partial charge in [-0.3, -0.25) is 15.1 Å². The number of pyridine rings is 1. The predicted octanol–water partition coefficient (Wildman–Crippen LogP) is 3.06. The Morgan fingerprint density at radius 1 is 1.23 bits per heavy atom. The molecule has 1 aromatic heterocycles. The fourth-order valence-corrected chi connectivity index (χ4v) is 7.23. The monoisotopic (exact) mass is 559 g/mol. The lowest BCUT2D eigenvalue weighted by Gasteiger charge is -2.49. The van der Waals surface area contributed by atoms with Gasteiger partial charge in [-0.05, 0) is 76.9 Å².